The Morgan fingerprint density at radius 3 is 2.35 bits per heavy atom. The van der Waals surface area contributed by atoms with E-state index < -0.39 is 5.97 Å². The molecule has 0 heterocycles. The fraction of sp³-hybridized carbons (Fsp3) is 0.611. The van der Waals surface area contributed by atoms with E-state index in [1.165, 1.54) is 24.8 Å². The standard InChI is InChI=1S/C18H22O2/c19-16(20)11-17-7-13-6-14(8-17)10-18(9-13,12-17)15-4-2-1-3-5-15/h1-5,13-14H,6-12H2,(H,19,20)/t13-,14-,17?,18?/m1/s1. The van der Waals surface area contributed by atoms with E-state index >= 15 is 0 Å². The summed E-state index contributed by atoms with van der Waals surface area (Å²) in [6.07, 6.45) is 7.71. The molecular weight excluding hydrogens is 248 g/mol. The lowest BCUT2D eigenvalue weighted by Gasteiger charge is -2.62. The summed E-state index contributed by atoms with van der Waals surface area (Å²) >= 11 is 0. The minimum atomic E-state index is -0.602. The van der Waals surface area contributed by atoms with Crippen molar-refractivity contribution in [3.8, 4) is 0 Å². The normalized spacial score (nSPS) is 41.8. The smallest absolute Gasteiger partial charge is 0.303 e. The maximum atomic E-state index is 11.3. The Hall–Kier alpha value is -1.31. The highest BCUT2D eigenvalue weighted by atomic mass is 16.4. The number of aliphatic carboxylic acids is 1. The van der Waals surface area contributed by atoms with Crippen LogP contribution in [0.5, 0.6) is 0 Å². The predicted molar refractivity (Wildman–Crippen MR) is 77.5 cm³/mol. The predicted octanol–water partition coefficient (Wildman–Crippen LogP) is 4.00. The first-order valence-electron chi connectivity index (χ1n) is 7.87. The van der Waals surface area contributed by atoms with Crippen molar-refractivity contribution in [1.82, 2.24) is 0 Å². The molecule has 0 radical (unpaired) electrons. The summed E-state index contributed by atoms with van der Waals surface area (Å²) in [4.78, 5) is 11.3. The van der Waals surface area contributed by atoms with Crippen molar-refractivity contribution < 1.29 is 9.90 Å². The first-order valence-corrected chi connectivity index (χ1v) is 7.87. The van der Waals surface area contributed by atoms with Crippen LogP contribution in [-0.2, 0) is 10.2 Å². The average Bonchev–Trinajstić information content (AvgIpc) is 2.36. The fourth-order valence-corrected chi connectivity index (χ4v) is 6.11. The summed E-state index contributed by atoms with van der Waals surface area (Å²) < 4.78 is 0. The lowest BCUT2D eigenvalue weighted by molar-refractivity contribution is -0.146. The van der Waals surface area contributed by atoms with E-state index in [9.17, 15) is 9.90 Å². The van der Waals surface area contributed by atoms with Gasteiger partial charge in [0.2, 0.25) is 0 Å². The number of hydrogen-bond donors (Lipinski definition) is 1. The van der Waals surface area contributed by atoms with Gasteiger partial charge in [-0.1, -0.05) is 30.3 Å². The van der Waals surface area contributed by atoms with Gasteiger partial charge in [-0.05, 0) is 66.8 Å². The van der Waals surface area contributed by atoms with Crippen LogP contribution in [0.1, 0.15) is 50.5 Å². The second-order valence-corrected chi connectivity index (χ2v) is 7.68. The molecule has 0 aliphatic heterocycles. The van der Waals surface area contributed by atoms with Crippen LogP contribution in [0.3, 0.4) is 0 Å². The van der Waals surface area contributed by atoms with Crippen molar-refractivity contribution in [2.75, 3.05) is 0 Å². The highest BCUT2D eigenvalue weighted by Gasteiger charge is 2.58. The van der Waals surface area contributed by atoms with E-state index in [0.29, 0.717) is 6.42 Å². The lowest BCUT2D eigenvalue weighted by Crippen LogP contribution is -2.54. The Bertz CT molecular complexity index is 520. The molecule has 4 saturated carbocycles. The molecule has 4 fully saturated rings. The molecule has 1 aromatic carbocycles. The largest absolute Gasteiger partial charge is 0.481 e. The van der Waals surface area contributed by atoms with E-state index in [2.05, 4.69) is 30.3 Å². The van der Waals surface area contributed by atoms with Crippen LogP contribution < -0.4 is 0 Å². The molecule has 0 aromatic heterocycles. The van der Waals surface area contributed by atoms with Crippen molar-refractivity contribution >= 4 is 5.97 Å². The van der Waals surface area contributed by atoms with Crippen molar-refractivity contribution in [2.24, 2.45) is 17.3 Å². The van der Waals surface area contributed by atoms with Gasteiger partial charge in [0.1, 0.15) is 0 Å². The number of rotatable bonds is 3. The summed E-state index contributed by atoms with van der Waals surface area (Å²) in [5, 5.41) is 9.33. The van der Waals surface area contributed by atoms with Crippen LogP contribution in [0.4, 0.5) is 0 Å². The van der Waals surface area contributed by atoms with Crippen molar-refractivity contribution in [3.05, 3.63) is 35.9 Å². The first kappa shape index (κ1) is 12.4. The summed E-state index contributed by atoms with van der Waals surface area (Å²) in [7, 11) is 0. The van der Waals surface area contributed by atoms with Gasteiger partial charge in [-0.3, -0.25) is 4.79 Å². The Morgan fingerprint density at radius 1 is 1.10 bits per heavy atom. The third kappa shape index (κ3) is 1.81. The average molecular weight is 270 g/mol. The molecule has 4 aliphatic rings. The molecule has 5 rings (SSSR count). The van der Waals surface area contributed by atoms with Crippen molar-refractivity contribution in [3.63, 3.8) is 0 Å². The van der Waals surface area contributed by atoms with Crippen LogP contribution in [-0.4, -0.2) is 11.1 Å². The van der Waals surface area contributed by atoms with E-state index in [0.717, 1.165) is 31.1 Å². The van der Waals surface area contributed by atoms with Gasteiger partial charge < -0.3 is 5.11 Å². The Kier molecular flexibility index (Phi) is 2.55. The topological polar surface area (TPSA) is 37.3 Å². The van der Waals surface area contributed by atoms with E-state index in [4.69, 9.17) is 0 Å². The van der Waals surface area contributed by atoms with Gasteiger partial charge in [0.25, 0.3) is 0 Å². The molecule has 4 bridgehead atoms. The fourth-order valence-electron chi connectivity index (χ4n) is 6.11. The lowest BCUT2D eigenvalue weighted by atomic mass is 9.42. The Morgan fingerprint density at radius 2 is 1.75 bits per heavy atom. The van der Waals surface area contributed by atoms with Gasteiger partial charge >= 0.3 is 5.97 Å². The van der Waals surface area contributed by atoms with E-state index in [-0.39, 0.29) is 10.8 Å². The monoisotopic (exact) mass is 270 g/mol. The second-order valence-electron chi connectivity index (χ2n) is 7.68. The van der Waals surface area contributed by atoms with Gasteiger partial charge in [0.15, 0.2) is 0 Å². The molecular formula is C18H22O2. The quantitative estimate of drug-likeness (QED) is 0.901. The number of carboxylic acids is 1. The zero-order valence-corrected chi connectivity index (χ0v) is 11.8. The Balaban J connectivity index is 1.74. The molecule has 2 heteroatoms. The van der Waals surface area contributed by atoms with Gasteiger partial charge in [-0.2, -0.15) is 0 Å². The highest BCUT2D eigenvalue weighted by Crippen LogP contribution is 2.66. The molecule has 1 aromatic rings. The van der Waals surface area contributed by atoms with Crippen molar-refractivity contribution in [1.29, 1.82) is 0 Å². The Labute approximate surface area is 120 Å². The maximum Gasteiger partial charge on any atom is 0.303 e. The maximum absolute atomic E-state index is 11.3. The molecule has 1 N–H and O–H groups in total. The number of carbonyl (C=O) groups is 1. The molecule has 0 saturated heterocycles. The van der Waals surface area contributed by atoms with Crippen molar-refractivity contribution in [2.45, 2.75) is 50.4 Å². The zero-order chi connectivity index (χ0) is 13.8. The van der Waals surface area contributed by atoms with Crippen LogP contribution in [0.15, 0.2) is 30.3 Å². The number of benzene rings is 1. The third-order valence-corrected chi connectivity index (χ3v) is 6.09. The molecule has 0 amide bonds. The zero-order valence-electron chi connectivity index (χ0n) is 11.8. The van der Waals surface area contributed by atoms with Crippen LogP contribution in [0.25, 0.3) is 0 Å². The molecule has 2 atom stereocenters. The number of hydrogen-bond acceptors (Lipinski definition) is 1. The summed E-state index contributed by atoms with van der Waals surface area (Å²) in [5.74, 6) is 0.918. The minimum absolute atomic E-state index is 0.0890. The van der Waals surface area contributed by atoms with Gasteiger partial charge in [-0.25, -0.2) is 0 Å². The highest BCUT2D eigenvalue weighted by molar-refractivity contribution is 5.68. The summed E-state index contributed by atoms with van der Waals surface area (Å²) in [6.45, 7) is 0. The summed E-state index contributed by atoms with van der Waals surface area (Å²) in [5.41, 5.74) is 1.83. The molecule has 2 nitrogen and oxygen atoms in total. The van der Waals surface area contributed by atoms with Gasteiger partial charge in [0, 0.05) is 0 Å². The van der Waals surface area contributed by atoms with E-state index in [1.807, 2.05) is 0 Å². The molecule has 4 aliphatic carbocycles. The first-order chi connectivity index (χ1) is 9.59. The molecule has 106 valence electrons. The minimum Gasteiger partial charge on any atom is -0.481 e. The third-order valence-electron chi connectivity index (χ3n) is 6.09. The molecule has 0 unspecified atom stereocenters. The van der Waals surface area contributed by atoms with Crippen LogP contribution in [0.2, 0.25) is 0 Å². The second kappa shape index (κ2) is 4.09. The SMILES string of the molecule is O=C(O)CC12C[C@H]3C[C@H](C1)CC(c1ccccc1)(C3)C2. The van der Waals surface area contributed by atoms with Gasteiger partial charge in [0.05, 0.1) is 6.42 Å². The van der Waals surface area contributed by atoms with Gasteiger partial charge in [-0.15, -0.1) is 0 Å². The van der Waals surface area contributed by atoms with Crippen LogP contribution >= 0.6 is 0 Å². The number of carboxylic acid groups (broad SMARTS) is 1. The molecule has 0 spiro atoms. The summed E-state index contributed by atoms with van der Waals surface area (Å²) in [6, 6.07) is 10.9. The molecule has 20 heavy (non-hydrogen) atoms. The van der Waals surface area contributed by atoms with Crippen LogP contribution in [0, 0.1) is 17.3 Å². The van der Waals surface area contributed by atoms with E-state index in [1.54, 1.807) is 0 Å².